The zero-order valence-electron chi connectivity index (χ0n) is 25.0. The molecule has 42 heavy (non-hydrogen) atoms. The van der Waals surface area contributed by atoms with Gasteiger partial charge in [0.25, 0.3) is 11.5 Å². The molecule has 218 valence electrons. The predicted molar refractivity (Wildman–Crippen MR) is 164 cm³/mol. The number of nitrogens with one attached hydrogen (secondary N) is 2. The van der Waals surface area contributed by atoms with Crippen LogP contribution in [0.5, 0.6) is 0 Å². The van der Waals surface area contributed by atoms with Crippen LogP contribution in [0.3, 0.4) is 0 Å². The minimum absolute atomic E-state index is 0.0546. The molecule has 3 aromatic rings. The average Bonchev–Trinajstić information content (AvgIpc) is 3.43. The van der Waals surface area contributed by atoms with Gasteiger partial charge in [-0.2, -0.15) is 0 Å². The van der Waals surface area contributed by atoms with Crippen molar-refractivity contribution in [3.05, 3.63) is 93.6 Å². The molecular formula is C32H37N7O3. The van der Waals surface area contributed by atoms with Crippen LogP contribution in [0.1, 0.15) is 55.0 Å². The summed E-state index contributed by atoms with van der Waals surface area (Å²) in [6, 6.07) is 3.90. The minimum atomic E-state index is -0.333. The summed E-state index contributed by atoms with van der Waals surface area (Å²) >= 11 is 0. The van der Waals surface area contributed by atoms with E-state index in [1.54, 1.807) is 50.3 Å². The quantitative estimate of drug-likeness (QED) is 0.326. The van der Waals surface area contributed by atoms with Gasteiger partial charge < -0.3 is 19.8 Å². The first-order valence-electron chi connectivity index (χ1n) is 14.0. The Hall–Kier alpha value is -4.73. The highest BCUT2D eigenvalue weighted by molar-refractivity contribution is 6.06. The molecule has 0 saturated carbocycles. The standard InChI is InChI=1S/C32H37N7O3/c1-8-22(35-27(40)9-2)14-19(3)34-28-31(42)37(7)18-24(36-28)23-10-11-33-29(20(23)4)39-13-12-38-25(30(39)41)15-21-16-32(5,6)17-26(21)38/h8-11,14-15,18H,2,12-13,16-17H2,1,3-7H3,(H,34,36)(H,35,40)/b19-14+,22-8+. The third-order valence-electron chi connectivity index (χ3n) is 7.86. The maximum Gasteiger partial charge on any atom is 0.293 e. The van der Waals surface area contributed by atoms with Crippen molar-refractivity contribution in [1.29, 1.82) is 0 Å². The number of hydrogen-bond donors (Lipinski definition) is 2. The molecule has 2 N–H and O–H groups in total. The van der Waals surface area contributed by atoms with Crippen LogP contribution in [-0.4, -0.2) is 37.5 Å². The number of rotatable bonds is 7. The molecule has 2 aliphatic rings. The zero-order chi connectivity index (χ0) is 30.3. The van der Waals surface area contributed by atoms with E-state index in [-0.39, 0.29) is 28.6 Å². The molecule has 0 saturated heterocycles. The number of aryl methyl sites for hydroxylation is 1. The Bertz CT molecular complexity index is 1740. The number of anilines is 2. The van der Waals surface area contributed by atoms with Gasteiger partial charge in [0.15, 0.2) is 5.82 Å². The maximum absolute atomic E-state index is 13.7. The molecule has 5 rings (SSSR count). The van der Waals surface area contributed by atoms with Gasteiger partial charge in [0, 0.05) is 60.7 Å². The Balaban J connectivity index is 1.45. The van der Waals surface area contributed by atoms with E-state index in [1.165, 1.54) is 21.9 Å². The Morgan fingerprint density at radius 1 is 1.19 bits per heavy atom. The van der Waals surface area contributed by atoms with Gasteiger partial charge in [-0.05, 0) is 68.9 Å². The fourth-order valence-electron chi connectivity index (χ4n) is 5.85. The van der Waals surface area contributed by atoms with E-state index in [0.717, 1.165) is 30.5 Å². The van der Waals surface area contributed by atoms with Crippen LogP contribution in [0.25, 0.3) is 11.3 Å². The number of carbonyl (C=O) groups excluding carboxylic acids is 2. The molecule has 10 nitrogen and oxygen atoms in total. The smallest absolute Gasteiger partial charge is 0.293 e. The van der Waals surface area contributed by atoms with Gasteiger partial charge in [-0.25, -0.2) is 9.97 Å². The first-order chi connectivity index (χ1) is 19.9. The fraction of sp³-hybridized carbons (Fsp3) is 0.344. The molecule has 1 aliphatic carbocycles. The lowest BCUT2D eigenvalue weighted by Crippen LogP contribution is -2.41. The van der Waals surface area contributed by atoms with Crippen LogP contribution in [-0.2, 0) is 31.2 Å². The lowest BCUT2D eigenvalue weighted by Gasteiger charge is -2.30. The lowest BCUT2D eigenvalue weighted by atomic mass is 9.90. The SMILES string of the molecule is C=CC(=O)NC(/C=C(\C)Nc1nc(-c2ccnc(N3CCn4c(cc5c4CC(C)(C)C5)C3=O)c2C)cn(C)c1=O)=C/C. The fourth-order valence-corrected chi connectivity index (χ4v) is 5.85. The van der Waals surface area contributed by atoms with Crippen molar-refractivity contribution in [2.45, 2.75) is 54.0 Å². The number of hydrogen-bond acceptors (Lipinski definition) is 6. The largest absolute Gasteiger partial charge is 0.339 e. The van der Waals surface area contributed by atoms with Crippen LogP contribution in [0.15, 0.2) is 65.5 Å². The maximum atomic E-state index is 13.7. The van der Waals surface area contributed by atoms with E-state index in [9.17, 15) is 14.4 Å². The molecular weight excluding hydrogens is 530 g/mol. The lowest BCUT2D eigenvalue weighted by molar-refractivity contribution is -0.115. The van der Waals surface area contributed by atoms with Gasteiger partial charge >= 0.3 is 0 Å². The summed E-state index contributed by atoms with van der Waals surface area (Å²) in [6.45, 7) is 14.7. The van der Waals surface area contributed by atoms with E-state index >= 15 is 0 Å². The van der Waals surface area contributed by atoms with Gasteiger partial charge in [-0.15, -0.1) is 0 Å². The number of fused-ring (bicyclic) bond motifs is 3. The van der Waals surface area contributed by atoms with Crippen LogP contribution >= 0.6 is 0 Å². The summed E-state index contributed by atoms with van der Waals surface area (Å²) in [4.78, 5) is 49.4. The monoisotopic (exact) mass is 567 g/mol. The molecule has 2 amide bonds. The predicted octanol–water partition coefficient (Wildman–Crippen LogP) is 4.26. The van der Waals surface area contributed by atoms with Crippen molar-refractivity contribution < 1.29 is 9.59 Å². The second-order valence-corrected chi connectivity index (χ2v) is 11.7. The van der Waals surface area contributed by atoms with Gasteiger partial charge in [-0.3, -0.25) is 19.3 Å². The summed E-state index contributed by atoms with van der Waals surface area (Å²) in [7, 11) is 1.67. The summed E-state index contributed by atoms with van der Waals surface area (Å²) in [5, 5.41) is 5.78. The van der Waals surface area contributed by atoms with Crippen molar-refractivity contribution in [2.24, 2.45) is 12.5 Å². The molecule has 3 aromatic heterocycles. The number of aromatic nitrogens is 4. The molecule has 4 heterocycles. The Labute approximate surface area is 245 Å². The van der Waals surface area contributed by atoms with Gasteiger partial charge in [0.05, 0.1) is 5.69 Å². The Kier molecular flexibility index (Phi) is 7.49. The number of amides is 2. The number of carbonyl (C=O) groups is 2. The molecule has 0 atom stereocenters. The number of pyridine rings is 1. The highest BCUT2D eigenvalue weighted by atomic mass is 16.2. The third-order valence-corrected chi connectivity index (χ3v) is 7.86. The summed E-state index contributed by atoms with van der Waals surface area (Å²) < 4.78 is 3.65. The van der Waals surface area contributed by atoms with Gasteiger partial charge in [0.2, 0.25) is 5.91 Å². The zero-order valence-corrected chi connectivity index (χ0v) is 25.0. The van der Waals surface area contributed by atoms with E-state index < -0.39 is 0 Å². The van der Waals surface area contributed by atoms with Gasteiger partial charge in [0.1, 0.15) is 11.5 Å². The second kappa shape index (κ2) is 10.9. The Morgan fingerprint density at radius 2 is 1.95 bits per heavy atom. The normalized spacial score (nSPS) is 16.2. The summed E-state index contributed by atoms with van der Waals surface area (Å²) in [5.41, 5.74) is 6.48. The van der Waals surface area contributed by atoms with Crippen molar-refractivity contribution in [2.75, 3.05) is 16.8 Å². The molecule has 0 aromatic carbocycles. The molecule has 0 fully saturated rings. The van der Waals surface area contributed by atoms with E-state index in [2.05, 4.69) is 51.7 Å². The van der Waals surface area contributed by atoms with E-state index in [0.29, 0.717) is 35.1 Å². The highest BCUT2D eigenvalue weighted by Crippen LogP contribution is 2.40. The highest BCUT2D eigenvalue weighted by Gasteiger charge is 2.37. The van der Waals surface area contributed by atoms with Crippen molar-refractivity contribution in [3.63, 3.8) is 0 Å². The molecule has 10 heteroatoms. The number of nitrogens with zero attached hydrogens (tertiary/aromatic N) is 5. The van der Waals surface area contributed by atoms with Crippen molar-refractivity contribution in [1.82, 2.24) is 24.4 Å². The third kappa shape index (κ3) is 5.32. The van der Waals surface area contributed by atoms with Crippen LogP contribution in [0.4, 0.5) is 11.6 Å². The molecule has 1 aliphatic heterocycles. The van der Waals surface area contributed by atoms with E-state index in [4.69, 9.17) is 0 Å². The first kappa shape index (κ1) is 28.8. The molecule has 0 spiro atoms. The van der Waals surface area contributed by atoms with Crippen molar-refractivity contribution in [3.8, 4) is 11.3 Å². The second-order valence-electron chi connectivity index (χ2n) is 11.7. The van der Waals surface area contributed by atoms with Crippen molar-refractivity contribution >= 4 is 23.5 Å². The van der Waals surface area contributed by atoms with E-state index in [1.807, 2.05) is 13.0 Å². The average molecular weight is 568 g/mol. The van der Waals surface area contributed by atoms with Crippen LogP contribution in [0, 0.1) is 12.3 Å². The van der Waals surface area contributed by atoms with Crippen LogP contribution < -0.4 is 21.1 Å². The topological polar surface area (TPSA) is 114 Å². The van der Waals surface area contributed by atoms with Crippen LogP contribution in [0.2, 0.25) is 0 Å². The molecule has 0 bridgehead atoms. The molecule has 0 unspecified atom stereocenters. The minimum Gasteiger partial charge on any atom is -0.339 e. The first-order valence-corrected chi connectivity index (χ1v) is 14.0. The summed E-state index contributed by atoms with van der Waals surface area (Å²) in [5.74, 6) is 0.334. The summed E-state index contributed by atoms with van der Waals surface area (Å²) in [6.07, 6.45) is 9.94. The number of allylic oxidation sites excluding steroid dienone is 3. The van der Waals surface area contributed by atoms with Gasteiger partial charge in [-0.1, -0.05) is 26.5 Å². The molecule has 0 radical (unpaired) electrons. The Morgan fingerprint density at radius 3 is 2.67 bits per heavy atom.